The normalized spacial score (nSPS) is 37.4. The van der Waals surface area contributed by atoms with Crippen LogP contribution < -0.4 is 0 Å². The molecule has 0 bridgehead atoms. The molecule has 5 atom stereocenters. The summed E-state index contributed by atoms with van der Waals surface area (Å²) in [6.07, 6.45) is 4.74. The second-order valence-corrected chi connectivity index (χ2v) is 7.27. The highest BCUT2D eigenvalue weighted by Crippen LogP contribution is 2.40. The van der Waals surface area contributed by atoms with Crippen LogP contribution in [0.1, 0.15) is 52.9 Å². The largest absolute Gasteiger partial charge is 0.462 e. The Morgan fingerprint density at radius 3 is 2.25 bits per heavy atom. The van der Waals surface area contributed by atoms with Crippen LogP contribution in [0.15, 0.2) is 0 Å². The van der Waals surface area contributed by atoms with Crippen molar-refractivity contribution in [1.29, 1.82) is 0 Å². The molecule has 2 aliphatic rings. The minimum atomic E-state index is -0.393. The van der Waals surface area contributed by atoms with E-state index in [9.17, 15) is 9.59 Å². The molecule has 2 rings (SSSR count). The highest BCUT2D eigenvalue weighted by atomic mass is 35.5. The number of hydrogen-bond donors (Lipinski definition) is 0. The average Bonchev–Trinajstić information content (AvgIpc) is 2.25. The molecule has 0 N–H and O–H groups in total. The van der Waals surface area contributed by atoms with E-state index in [4.69, 9.17) is 16.3 Å². The molecule has 2 aliphatic carbocycles. The van der Waals surface area contributed by atoms with E-state index in [-0.39, 0.29) is 23.9 Å². The Kier molecular flexibility index (Phi) is 5.11. The van der Waals surface area contributed by atoms with E-state index >= 15 is 0 Å². The van der Waals surface area contributed by atoms with Gasteiger partial charge in [-0.3, -0.25) is 9.59 Å². The lowest BCUT2D eigenvalue weighted by molar-refractivity contribution is -0.168. The lowest BCUT2D eigenvalue weighted by atomic mass is 9.73. The summed E-state index contributed by atoms with van der Waals surface area (Å²) in [6, 6.07) is 0. The summed E-state index contributed by atoms with van der Waals surface area (Å²) in [5, 5.41) is -0.393. The van der Waals surface area contributed by atoms with Crippen LogP contribution in [0.5, 0.6) is 0 Å². The molecule has 0 amide bonds. The van der Waals surface area contributed by atoms with Crippen LogP contribution in [0.3, 0.4) is 0 Å². The topological polar surface area (TPSA) is 43.4 Å². The second kappa shape index (κ2) is 6.46. The highest BCUT2D eigenvalue weighted by molar-refractivity contribution is 6.64. The van der Waals surface area contributed by atoms with Crippen molar-refractivity contribution in [1.82, 2.24) is 0 Å². The number of carbonyl (C=O) groups is 2. The van der Waals surface area contributed by atoms with Gasteiger partial charge in [0.25, 0.3) is 0 Å². The first-order chi connectivity index (χ1) is 9.40. The molecule has 2 unspecified atom stereocenters. The van der Waals surface area contributed by atoms with Gasteiger partial charge in [-0.1, -0.05) is 27.2 Å². The van der Waals surface area contributed by atoms with Gasteiger partial charge in [0.15, 0.2) is 0 Å². The third kappa shape index (κ3) is 3.36. The number of rotatable bonds is 4. The van der Waals surface area contributed by atoms with E-state index in [1.165, 1.54) is 6.42 Å². The van der Waals surface area contributed by atoms with Crippen LogP contribution in [-0.2, 0) is 14.3 Å². The molecule has 0 aromatic heterocycles. The summed E-state index contributed by atoms with van der Waals surface area (Å²) in [5.74, 6) is 0.745. The van der Waals surface area contributed by atoms with Crippen LogP contribution in [0.2, 0.25) is 0 Å². The average molecular weight is 301 g/mol. The van der Waals surface area contributed by atoms with Gasteiger partial charge >= 0.3 is 5.97 Å². The summed E-state index contributed by atoms with van der Waals surface area (Å²) in [5.41, 5.74) is 0. The van der Waals surface area contributed by atoms with Crippen LogP contribution in [0.25, 0.3) is 0 Å². The summed E-state index contributed by atoms with van der Waals surface area (Å²) < 4.78 is 5.77. The molecular weight excluding hydrogens is 276 g/mol. The lowest BCUT2D eigenvalue weighted by Gasteiger charge is -2.39. The van der Waals surface area contributed by atoms with Crippen molar-refractivity contribution in [2.75, 3.05) is 0 Å². The van der Waals surface area contributed by atoms with Crippen LogP contribution in [0, 0.1) is 29.6 Å². The number of carbonyl (C=O) groups excluding carboxylic acids is 2. The molecule has 0 radical (unpaired) electrons. The van der Waals surface area contributed by atoms with E-state index in [2.05, 4.69) is 20.8 Å². The highest BCUT2D eigenvalue weighted by Gasteiger charge is 2.43. The van der Waals surface area contributed by atoms with Gasteiger partial charge < -0.3 is 4.74 Å². The number of esters is 1. The quantitative estimate of drug-likeness (QED) is 0.586. The minimum Gasteiger partial charge on any atom is -0.462 e. The monoisotopic (exact) mass is 300 g/mol. The van der Waals surface area contributed by atoms with E-state index in [0.717, 1.165) is 25.7 Å². The zero-order valence-electron chi connectivity index (χ0n) is 12.6. The first kappa shape index (κ1) is 15.8. The predicted molar refractivity (Wildman–Crippen MR) is 78.3 cm³/mol. The number of hydrogen-bond acceptors (Lipinski definition) is 3. The Balaban J connectivity index is 1.96. The van der Waals surface area contributed by atoms with Crippen molar-refractivity contribution in [3.63, 3.8) is 0 Å². The number of halogens is 1. The van der Waals surface area contributed by atoms with Crippen LogP contribution in [-0.4, -0.2) is 17.3 Å². The third-order valence-corrected chi connectivity index (χ3v) is 5.38. The molecule has 3 nitrogen and oxygen atoms in total. The fourth-order valence-electron chi connectivity index (χ4n) is 3.54. The number of ether oxygens (including phenoxy) is 1. The van der Waals surface area contributed by atoms with Crippen molar-refractivity contribution in [2.24, 2.45) is 29.6 Å². The SMILES string of the molecule is CC(C)[C@@H]1CC[C@@H](C)C[C@H]1OC(=O)C1CCC1C(=O)Cl. The predicted octanol–water partition coefficient (Wildman–Crippen LogP) is 3.78. The molecular formula is C16H25ClO3. The van der Waals surface area contributed by atoms with Crippen LogP contribution in [0.4, 0.5) is 0 Å². The summed E-state index contributed by atoms with van der Waals surface area (Å²) in [7, 11) is 0. The zero-order chi connectivity index (χ0) is 14.9. The van der Waals surface area contributed by atoms with Gasteiger partial charge in [-0.25, -0.2) is 0 Å². The smallest absolute Gasteiger partial charge is 0.309 e. The third-order valence-electron chi connectivity index (χ3n) is 5.10. The molecule has 0 spiro atoms. The molecule has 2 fully saturated rings. The molecule has 0 heterocycles. The summed E-state index contributed by atoms with van der Waals surface area (Å²) >= 11 is 5.52. The van der Waals surface area contributed by atoms with E-state index in [1.807, 2.05) is 0 Å². The van der Waals surface area contributed by atoms with Crippen molar-refractivity contribution >= 4 is 22.8 Å². The Morgan fingerprint density at radius 1 is 1.10 bits per heavy atom. The minimum absolute atomic E-state index is 0.0120. The molecule has 0 aromatic rings. The Bertz CT molecular complexity index is 380. The van der Waals surface area contributed by atoms with Gasteiger partial charge in [0.05, 0.1) is 5.92 Å². The van der Waals surface area contributed by atoms with Gasteiger partial charge in [0, 0.05) is 5.92 Å². The van der Waals surface area contributed by atoms with Gasteiger partial charge in [0.2, 0.25) is 5.24 Å². The first-order valence-electron chi connectivity index (χ1n) is 7.80. The summed E-state index contributed by atoms with van der Waals surface area (Å²) in [4.78, 5) is 23.5. The zero-order valence-corrected chi connectivity index (χ0v) is 13.4. The summed E-state index contributed by atoms with van der Waals surface area (Å²) in [6.45, 7) is 6.59. The maximum absolute atomic E-state index is 12.3. The molecule has 114 valence electrons. The van der Waals surface area contributed by atoms with E-state index in [1.54, 1.807) is 0 Å². The molecule has 2 saturated carbocycles. The fraction of sp³-hybridized carbons (Fsp3) is 0.875. The van der Waals surface area contributed by atoms with Gasteiger partial charge in [-0.2, -0.15) is 0 Å². The van der Waals surface area contributed by atoms with E-state index < -0.39 is 5.24 Å². The molecule has 4 heteroatoms. The van der Waals surface area contributed by atoms with Crippen molar-refractivity contribution in [3.05, 3.63) is 0 Å². The fourth-order valence-corrected chi connectivity index (χ4v) is 3.80. The Morgan fingerprint density at radius 2 is 1.75 bits per heavy atom. The Labute approximate surface area is 126 Å². The molecule has 0 aliphatic heterocycles. The van der Waals surface area contributed by atoms with Gasteiger partial charge in [0.1, 0.15) is 6.10 Å². The van der Waals surface area contributed by atoms with Gasteiger partial charge in [-0.15, -0.1) is 0 Å². The maximum Gasteiger partial charge on any atom is 0.309 e. The van der Waals surface area contributed by atoms with Crippen molar-refractivity contribution in [3.8, 4) is 0 Å². The Hall–Kier alpha value is -0.570. The van der Waals surface area contributed by atoms with E-state index in [0.29, 0.717) is 17.8 Å². The molecule has 0 aromatic carbocycles. The van der Waals surface area contributed by atoms with Crippen LogP contribution >= 0.6 is 11.6 Å². The van der Waals surface area contributed by atoms with Gasteiger partial charge in [-0.05, 0) is 55.0 Å². The standard InChI is InChI=1S/C16H25ClO3/c1-9(2)11-5-4-10(3)8-14(11)20-16(19)13-7-6-12(13)15(17)18/h9-14H,4-8H2,1-3H3/t10-,11+,12?,13?,14-/m1/s1. The van der Waals surface area contributed by atoms with Crippen molar-refractivity contribution in [2.45, 2.75) is 59.0 Å². The lowest BCUT2D eigenvalue weighted by Crippen LogP contribution is -2.42. The van der Waals surface area contributed by atoms with Crippen molar-refractivity contribution < 1.29 is 14.3 Å². The maximum atomic E-state index is 12.3. The first-order valence-corrected chi connectivity index (χ1v) is 8.17. The second-order valence-electron chi connectivity index (χ2n) is 6.90. The molecule has 20 heavy (non-hydrogen) atoms. The molecule has 0 saturated heterocycles.